The van der Waals surface area contributed by atoms with E-state index < -0.39 is 16.1 Å². The van der Waals surface area contributed by atoms with Crippen molar-refractivity contribution in [1.82, 2.24) is 9.62 Å². The van der Waals surface area contributed by atoms with Gasteiger partial charge >= 0.3 is 0 Å². The van der Waals surface area contributed by atoms with Gasteiger partial charge in [-0.1, -0.05) is 46.9 Å². The summed E-state index contributed by atoms with van der Waals surface area (Å²) in [4.78, 5) is 12.7. The van der Waals surface area contributed by atoms with E-state index >= 15 is 0 Å². The fourth-order valence-corrected chi connectivity index (χ4v) is 5.24. The normalized spacial score (nSPS) is 18.0. The molecule has 0 spiro atoms. The summed E-state index contributed by atoms with van der Waals surface area (Å²) in [6.45, 7) is 0.463. The Hall–Kier alpha value is -1.31. The third-order valence-electron chi connectivity index (χ3n) is 4.63. The summed E-state index contributed by atoms with van der Waals surface area (Å²) in [6, 6.07) is 10.1. The highest BCUT2D eigenvalue weighted by Gasteiger charge is 2.37. The number of carbonyl (C=O) groups excluding carboxylic acids is 1. The molecule has 1 atom stereocenters. The zero-order valence-electron chi connectivity index (χ0n) is 14.9. The third kappa shape index (κ3) is 4.63. The van der Waals surface area contributed by atoms with Crippen LogP contribution in [-0.4, -0.2) is 31.2 Å². The SMILES string of the molecule is O=C1NCCCCC1N(Cc1cccc(Cl)c1Cl)S(=O)(=O)c1ccc(Cl)cc1. The van der Waals surface area contributed by atoms with Crippen molar-refractivity contribution >= 4 is 50.7 Å². The molecule has 1 fully saturated rings. The molecule has 1 unspecified atom stereocenters. The van der Waals surface area contributed by atoms with E-state index in [2.05, 4.69) is 5.32 Å². The van der Waals surface area contributed by atoms with Crippen LogP contribution in [0.4, 0.5) is 0 Å². The summed E-state index contributed by atoms with van der Waals surface area (Å²) in [5, 5.41) is 3.82. The highest BCUT2D eigenvalue weighted by atomic mass is 35.5. The van der Waals surface area contributed by atoms with Crippen molar-refractivity contribution < 1.29 is 13.2 Å². The molecule has 0 radical (unpaired) electrons. The van der Waals surface area contributed by atoms with Crippen molar-refractivity contribution in [3.63, 3.8) is 0 Å². The lowest BCUT2D eigenvalue weighted by Gasteiger charge is -2.29. The first kappa shape index (κ1) is 21.4. The Kier molecular flexibility index (Phi) is 6.89. The largest absolute Gasteiger partial charge is 0.355 e. The van der Waals surface area contributed by atoms with Gasteiger partial charge in [0.2, 0.25) is 15.9 Å². The maximum Gasteiger partial charge on any atom is 0.244 e. The van der Waals surface area contributed by atoms with E-state index in [4.69, 9.17) is 34.8 Å². The first-order valence-corrected chi connectivity index (χ1v) is 11.4. The Labute approximate surface area is 179 Å². The molecule has 28 heavy (non-hydrogen) atoms. The van der Waals surface area contributed by atoms with Crippen molar-refractivity contribution in [2.45, 2.75) is 36.7 Å². The number of nitrogens with zero attached hydrogens (tertiary/aromatic N) is 1. The van der Waals surface area contributed by atoms with Gasteiger partial charge in [-0.05, 0) is 55.2 Å². The number of rotatable bonds is 5. The van der Waals surface area contributed by atoms with Crippen LogP contribution in [0.25, 0.3) is 0 Å². The van der Waals surface area contributed by atoms with Crippen LogP contribution in [0.2, 0.25) is 15.1 Å². The number of sulfonamides is 1. The summed E-state index contributed by atoms with van der Waals surface area (Å²) in [5.74, 6) is -0.312. The molecule has 0 aliphatic carbocycles. The standard InChI is InChI=1S/C19H19Cl3N2O3S/c20-14-7-9-15(10-8-14)28(26,27)24(17-6-1-2-11-23-19(17)25)12-13-4-3-5-16(21)18(13)22/h3-5,7-10,17H,1-2,6,11-12H2,(H,23,25). The van der Waals surface area contributed by atoms with Crippen LogP contribution in [0.1, 0.15) is 24.8 Å². The predicted octanol–water partition coefficient (Wildman–Crippen LogP) is 4.51. The molecular weight excluding hydrogens is 443 g/mol. The van der Waals surface area contributed by atoms with Crippen LogP contribution in [0.3, 0.4) is 0 Å². The smallest absolute Gasteiger partial charge is 0.244 e. The number of carbonyl (C=O) groups is 1. The van der Waals surface area contributed by atoms with Gasteiger partial charge in [0.05, 0.1) is 14.9 Å². The molecule has 5 nitrogen and oxygen atoms in total. The lowest BCUT2D eigenvalue weighted by atomic mass is 10.1. The summed E-state index contributed by atoms with van der Waals surface area (Å²) in [6.07, 6.45) is 1.96. The van der Waals surface area contributed by atoms with Gasteiger partial charge in [0, 0.05) is 18.1 Å². The van der Waals surface area contributed by atoms with Crippen molar-refractivity contribution in [3.05, 3.63) is 63.1 Å². The zero-order chi connectivity index (χ0) is 20.3. The first-order valence-electron chi connectivity index (χ1n) is 8.78. The maximum atomic E-state index is 13.4. The van der Waals surface area contributed by atoms with Crippen LogP contribution >= 0.6 is 34.8 Å². The van der Waals surface area contributed by atoms with E-state index in [9.17, 15) is 13.2 Å². The molecule has 2 aromatic carbocycles. The summed E-state index contributed by atoms with van der Waals surface area (Å²) in [5.41, 5.74) is 0.531. The quantitative estimate of drug-likeness (QED) is 0.712. The second-order valence-electron chi connectivity index (χ2n) is 6.52. The van der Waals surface area contributed by atoms with E-state index in [0.29, 0.717) is 28.6 Å². The van der Waals surface area contributed by atoms with Gasteiger partial charge in [-0.15, -0.1) is 0 Å². The van der Waals surface area contributed by atoms with E-state index in [1.165, 1.54) is 28.6 Å². The third-order valence-corrected chi connectivity index (χ3v) is 7.61. The van der Waals surface area contributed by atoms with E-state index in [0.717, 1.165) is 12.8 Å². The number of halogens is 3. The van der Waals surface area contributed by atoms with Gasteiger partial charge in [-0.25, -0.2) is 8.42 Å². The summed E-state index contributed by atoms with van der Waals surface area (Å²) >= 11 is 18.3. The lowest BCUT2D eigenvalue weighted by Crippen LogP contribution is -2.48. The Morgan fingerprint density at radius 2 is 1.75 bits per heavy atom. The molecule has 1 saturated heterocycles. The number of hydrogen-bond donors (Lipinski definition) is 1. The van der Waals surface area contributed by atoms with Crippen LogP contribution in [0.15, 0.2) is 47.4 Å². The fraction of sp³-hybridized carbons (Fsp3) is 0.316. The van der Waals surface area contributed by atoms with Crippen LogP contribution < -0.4 is 5.32 Å². The molecule has 3 rings (SSSR count). The minimum atomic E-state index is -3.98. The van der Waals surface area contributed by atoms with E-state index in [1.807, 2.05) is 0 Å². The molecule has 1 heterocycles. The monoisotopic (exact) mass is 460 g/mol. The maximum absolute atomic E-state index is 13.4. The average Bonchev–Trinajstić information content (AvgIpc) is 2.87. The van der Waals surface area contributed by atoms with Gasteiger partial charge in [-0.2, -0.15) is 4.31 Å². The van der Waals surface area contributed by atoms with Crippen molar-refractivity contribution in [3.8, 4) is 0 Å². The molecule has 1 amide bonds. The second kappa shape index (κ2) is 9.01. The molecule has 1 aliphatic rings. The van der Waals surface area contributed by atoms with Gasteiger partial charge in [0.25, 0.3) is 0 Å². The first-order chi connectivity index (χ1) is 13.3. The molecule has 0 bridgehead atoms. The number of hydrogen-bond acceptors (Lipinski definition) is 3. The Bertz CT molecular complexity index is 965. The van der Waals surface area contributed by atoms with Gasteiger partial charge in [-0.3, -0.25) is 4.79 Å². The number of nitrogens with one attached hydrogen (secondary N) is 1. The molecule has 9 heteroatoms. The summed E-state index contributed by atoms with van der Waals surface area (Å²) in [7, 11) is -3.98. The minimum Gasteiger partial charge on any atom is -0.355 e. The Balaban J connectivity index is 2.06. The van der Waals surface area contributed by atoms with Gasteiger partial charge < -0.3 is 5.32 Å². The minimum absolute atomic E-state index is 0.0621. The molecule has 1 N–H and O–H groups in total. The molecule has 0 aromatic heterocycles. The van der Waals surface area contributed by atoms with Crippen molar-refractivity contribution in [1.29, 1.82) is 0 Å². The van der Waals surface area contributed by atoms with Crippen LogP contribution in [-0.2, 0) is 21.4 Å². The predicted molar refractivity (Wildman–Crippen MR) is 111 cm³/mol. The second-order valence-corrected chi connectivity index (χ2v) is 9.63. The Morgan fingerprint density at radius 1 is 1.04 bits per heavy atom. The van der Waals surface area contributed by atoms with Crippen molar-refractivity contribution in [2.75, 3.05) is 6.54 Å². The van der Waals surface area contributed by atoms with Crippen LogP contribution in [0, 0.1) is 0 Å². The topological polar surface area (TPSA) is 66.5 Å². The number of benzene rings is 2. The highest BCUT2D eigenvalue weighted by molar-refractivity contribution is 7.89. The van der Waals surface area contributed by atoms with Gasteiger partial charge in [0.1, 0.15) is 6.04 Å². The summed E-state index contributed by atoms with van der Waals surface area (Å²) < 4.78 is 28.1. The molecule has 1 aliphatic heterocycles. The van der Waals surface area contributed by atoms with E-state index in [-0.39, 0.29) is 22.4 Å². The number of amides is 1. The molecule has 150 valence electrons. The zero-order valence-corrected chi connectivity index (χ0v) is 18.0. The van der Waals surface area contributed by atoms with E-state index in [1.54, 1.807) is 18.2 Å². The van der Waals surface area contributed by atoms with Crippen molar-refractivity contribution in [2.24, 2.45) is 0 Å². The Morgan fingerprint density at radius 3 is 2.46 bits per heavy atom. The molecule has 2 aromatic rings. The van der Waals surface area contributed by atoms with Gasteiger partial charge in [0.15, 0.2) is 0 Å². The molecular formula is C19H19Cl3N2O3S. The fourth-order valence-electron chi connectivity index (χ4n) is 3.14. The molecule has 0 saturated carbocycles. The average molecular weight is 462 g/mol. The lowest BCUT2D eigenvalue weighted by molar-refractivity contribution is -0.124. The highest BCUT2D eigenvalue weighted by Crippen LogP contribution is 2.31. The van der Waals surface area contributed by atoms with Crippen LogP contribution in [0.5, 0.6) is 0 Å².